The average molecular weight is 403 g/mol. The van der Waals surface area contributed by atoms with Gasteiger partial charge in [0.05, 0.1) is 17.7 Å². The highest BCUT2D eigenvalue weighted by Gasteiger charge is 2.26. The van der Waals surface area contributed by atoms with Crippen LogP contribution in [0.3, 0.4) is 0 Å². The van der Waals surface area contributed by atoms with E-state index in [1.54, 1.807) is 29.2 Å². The van der Waals surface area contributed by atoms with Crippen LogP contribution in [-0.4, -0.2) is 33.9 Å². The summed E-state index contributed by atoms with van der Waals surface area (Å²) in [6.45, 7) is 1.92. The fourth-order valence-corrected chi connectivity index (χ4v) is 4.07. The van der Waals surface area contributed by atoms with E-state index in [4.69, 9.17) is 4.74 Å². The number of hydrogen-bond acceptors (Lipinski definition) is 5. The molecule has 1 aliphatic rings. The number of carbonyl (C=O) groups is 2. The Morgan fingerprint density at radius 3 is 2.36 bits per heavy atom. The van der Waals surface area contributed by atoms with Gasteiger partial charge in [0.2, 0.25) is 11.8 Å². The fourth-order valence-electron chi connectivity index (χ4n) is 2.99. The molecule has 0 saturated carbocycles. The molecule has 0 atom stereocenters. The average Bonchev–Trinajstić information content (AvgIpc) is 3.08. The van der Waals surface area contributed by atoms with Crippen molar-refractivity contribution in [1.82, 2.24) is 0 Å². The molecule has 0 spiro atoms. The summed E-state index contributed by atoms with van der Waals surface area (Å²) in [7, 11) is -2.40. The number of nitrogens with one attached hydrogen (secondary N) is 2. The fraction of sp³-hybridized carbons (Fsp3) is 0.263. The van der Waals surface area contributed by atoms with E-state index in [1.165, 1.54) is 32.2 Å². The summed E-state index contributed by atoms with van der Waals surface area (Å²) < 4.78 is 33.4. The molecular weight excluding hydrogens is 382 g/mol. The van der Waals surface area contributed by atoms with Gasteiger partial charge in [0.15, 0.2) is 0 Å². The van der Waals surface area contributed by atoms with Crippen LogP contribution in [0.15, 0.2) is 47.4 Å². The Morgan fingerprint density at radius 2 is 1.79 bits per heavy atom. The molecule has 1 fully saturated rings. The van der Waals surface area contributed by atoms with Crippen molar-refractivity contribution < 1.29 is 22.7 Å². The van der Waals surface area contributed by atoms with Crippen LogP contribution in [0.25, 0.3) is 0 Å². The van der Waals surface area contributed by atoms with Crippen molar-refractivity contribution in [3.63, 3.8) is 0 Å². The number of amides is 2. The normalized spacial score (nSPS) is 14.1. The van der Waals surface area contributed by atoms with E-state index in [1.807, 2.05) is 0 Å². The van der Waals surface area contributed by atoms with Gasteiger partial charge in [-0.2, -0.15) is 0 Å². The monoisotopic (exact) mass is 403 g/mol. The minimum atomic E-state index is -3.87. The van der Waals surface area contributed by atoms with Crippen LogP contribution in [0.1, 0.15) is 19.8 Å². The van der Waals surface area contributed by atoms with Crippen molar-refractivity contribution in [1.29, 1.82) is 0 Å². The molecule has 28 heavy (non-hydrogen) atoms. The lowest BCUT2D eigenvalue weighted by atomic mass is 10.2. The zero-order valence-electron chi connectivity index (χ0n) is 15.6. The Labute approximate surface area is 163 Å². The quantitative estimate of drug-likeness (QED) is 0.771. The van der Waals surface area contributed by atoms with E-state index < -0.39 is 10.0 Å². The van der Waals surface area contributed by atoms with Gasteiger partial charge < -0.3 is 15.0 Å². The standard InChI is InChI=1S/C19H21N3O5S/c1-13(23)20-14-5-7-15(8-6-14)21-28(25,26)16-9-10-18(27-2)17(12-16)22-11-3-4-19(22)24/h5-10,12,21H,3-4,11H2,1-2H3,(H,20,23). The number of nitrogens with zero attached hydrogens (tertiary/aromatic N) is 1. The second kappa shape index (κ2) is 7.89. The third-order valence-corrected chi connectivity index (χ3v) is 5.66. The molecule has 0 aliphatic carbocycles. The molecule has 1 saturated heterocycles. The molecule has 2 aromatic carbocycles. The molecule has 2 amide bonds. The van der Waals surface area contributed by atoms with E-state index in [0.29, 0.717) is 35.8 Å². The number of carbonyl (C=O) groups excluding carboxylic acids is 2. The predicted molar refractivity (Wildman–Crippen MR) is 106 cm³/mol. The maximum Gasteiger partial charge on any atom is 0.261 e. The molecule has 8 nitrogen and oxygen atoms in total. The maximum atomic E-state index is 12.8. The number of rotatable bonds is 6. The van der Waals surface area contributed by atoms with Crippen molar-refractivity contribution in [2.45, 2.75) is 24.7 Å². The van der Waals surface area contributed by atoms with Crippen LogP contribution >= 0.6 is 0 Å². The first-order chi connectivity index (χ1) is 13.3. The number of anilines is 3. The van der Waals surface area contributed by atoms with E-state index >= 15 is 0 Å². The second-order valence-electron chi connectivity index (χ2n) is 6.35. The summed E-state index contributed by atoms with van der Waals surface area (Å²) in [4.78, 5) is 24.7. The van der Waals surface area contributed by atoms with Crippen LogP contribution in [-0.2, 0) is 19.6 Å². The SMILES string of the molecule is COc1ccc(S(=O)(=O)Nc2ccc(NC(C)=O)cc2)cc1N1CCCC1=O. The molecule has 0 unspecified atom stereocenters. The first-order valence-corrected chi connectivity index (χ1v) is 10.2. The summed E-state index contributed by atoms with van der Waals surface area (Å²) >= 11 is 0. The molecule has 0 bridgehead atoms. The predicted octanol–water partition coefficient (Wildman–Crippen LogP) is 2.58. The first-order valence-electron chi connectivity index (χ1n) is 8.69. The van der Waals surface area contributed by atoms with Gasteiger partial charge in [-0.1, -0.05) is 0 Å². The van der Waals surface area contributed by atoms with Crippen molar-refractivity contribution in [2.24, 2.45) is 0 Å². The zero-order chi connectivity index (χ0) is 20.3. The maximum absolute atomic E-state index is 12.8. The molecule has 2 N–H and O–H groups in total. The lowest BCUT2D eigenvalue weighted by Crippen LogP contribution is -2.24. The van der Waals surface area contributed by atoms with Gasteiger partial charge in [-0.15, -0.1) is 0 Å². The van der Waals surface area contributed by atoms with Gasteiger partial charge in [-0.05, 0) is 48.9 Å². The van der Waals surface area contributed by atoms with Crippen LogP contribution in [0.5, 0.6) is 5.75 Å². The lowest BCUT2D eigenvalue weighted by Gasteiger charge is -2.20. The Hall–Kier alpha value is -3.07. The summed E-state index contributed by atoms with van der Waals surface area (Å²) in [5, 5.41) is 2.61. The molecule has 2 aromatic rings. The lowest BCUT2D eigenvalue weighted by molar-refractivity contribution is -0.117. The van der Waals surface area contributed by atoms with Gasteiger partial charge in [0.25, 0.3) is 10.0 Å². The van der Waals surface area contributed by atoms with E-state index in [0.717, 1.165) is 6.42 Å². The molecule has 1 heterocycles. The molecular formula is C19H21N3O5S. The molecule has 1 aliphatic heterocycles. The molecule has 3 rings (SSSR count). The van der Waals surface area contributed by atoms with Gasteiger partial charge in [0.1, 0.15) is 5.75 Å². The summed E-state index contributed by atoms with van der Waals surface area (Å²) in [5.74, 6) is 0.166. The Kier molecular flexibility index (Phi) is 5.55. The molecule has 148 valence electrons. The molecule has 0 radical (unpaired) electrons. The summed E-state index contributed by atoms with van der Waals surface area (Å²) in [6.07, 6.45) is 1.15. The van der Waals surface area contributed by atoms with Crippen LogP contribution in [0.4, 0.5) is 17.1 Å². The molecule has 0 aromatic heterocycles. The number of sulfonamides is 1. The van der Waals surface area contributed by atoms with E-state index in [9.17, 15) is 18.0 Å². The Balaban J connectivity index is 1.87. The Bertz CT molecular complexity index is 1000. The summed E-state index contributed by atoms with van der Waals surface area (Å²) in [5.41, 5.74) is 1.35. The van der Waals surface area contributed by atoms with Crippen molar-refractivity contribution in [2.75, 3.05) is 28.6 Å². The zero-order valence-corrected chi connectivity index (χ0v) is 16.4. The summed E-state index contributed by atoms with van der Waals surface area (Å²) in [6, 6.07) is 10.7. The highest BCUT2D eigenvalue weighted by atomic mass is 32.2. The van der Waals surface area contributed by atoms with E-state index in [2.05, 4.69) is 10.0 Å². The third kappa shape index (κ3) is 4.25. The van der Waals surface area contributed by atoms with Crippen LogP contribution < -0.4 is 19.7 Å². The van der Waals surface area contributed by atoms with Crippen molar-refractivity contribution >= 4 is 38.9 Å². The highest BCUT2D eigenvalue weighted by Crippen LogP contribution is 2.34. The minimum absolute atomic E-state index is 0.0222. The highest BCUT2D eigenvalue weighted by molar-refractivity contribution is 7.92. The van der Waals surface area contributed by atoms with Crippen LogP contribution in [0, 0.1) is 0 Å². The number of hydrogen-bond donors (Lipinski definition) is 2. The van der Waals surface area contributed by atoms with Crippen molar-refractivity contribution in [3.8, 4) is 5.75 Å². The van der Waals surface area contributed by atoms with E-state index in [-0.39, 0.29) is 16.7 Å². The largest absolute Gasteiger partial charge is 0.495 e. The number of ether oxygens (including phenoxy) is 1. The number of benzene rings is 2. The topological polar surface area (TPSA) is 105 Å². The molecule has 9 heteroatoms. The minimum Gasteiger partial charge on any atom is -0.495 e. The Morgan fingerprint density at radius 1 is 1.11 bits per heavy atom. The third-order valence-electron chi connectivity index (χ3n) is 4.28. The van der Waals surface area contributed by atoms with Crippen molar-refractivity contribution in [3.05, 3.63) is 42.5 Å². The van der Waals surface area contributed by atoms with Crippen LogP contribution in [0.2, 0.25) is 0 Å². The van der Waals surface area contributed by atoms with Gasteiger partial charge in [0, 0.05) is 31.3 Å². The number of methoxy groups -OCH3 is 1. The smallest absolute Gasteiger partial charge is 0.261 e. The van der Waals surface area contributed by atoms with Gasteiger partial charge in [-0.3, -0.25) is 14.3 Å². The first kappa shape index (κ1) is 19.7. The van der Waals surface area contributed by atoms with Gasteiger partial charge >= 0.3 is 0 Å². The second-order valence-corrected chi connectivity index (χ2v) is 8.03. The van der Waals surface area contributed by atoms with Gasteiger partial charge in [-0.25, -0.2) is 8.42 Å².